The van der Waals surface area contributed by atoms with Crippen LogP contribution in [0.4, 0.5) is 0 Å². The fourth-order valence-electron chi connectivity index (χ4n) is 3.50. The molecule has 0 atom stereocenters. The summed E-state index contributed by atoms with van der Waals surface area (Å²) in [6.45, 7) is 1.57. The normalized spacial score (nSPS) is 11.2. The highest BCUT2D eigenvalue weighted by Crippen LogP contribution is 2.29. The molecule has 2 heterocycles. The molecule has 1 N–H and O–H groups in total. The van der Waals surface area contributed by atoms with Gasteiger partial charge in [0.05, 0.1) is 24.1 Å². The number of carbonyl (C=O) groups is 1. The maximum absolute atomic E-state index is 11.0. The minimum absolute atomic E-state index is 0.255. The van der Waals surface area contributed by atoms with Gasteiger partial charge in [0.1, 0.15) is 10.8 Å². The topological polar surface area (TPSA) is 86.0 Å². The zero-order valence-corrected chi connectivity index (χ0v) is 19.4. The molecule has 0 bridgehead atoms. The van der Waals surface area contributed by atoms with Crippen molar-refractivity contribution in [3.63, 3.8) is 0 Å². The molecule has 33 heavy (non-hydrogen) atoms. The summed E-state index contributed by atoms with van der Waals surface area (Å²) < 4.78 is 12.7. The molecule has 0 fully saturated rings. The first kappa shape index (κ1) is 22.9. The molecule has 0 unspecified atom stereocenters. The summed E-state index contributed by atoms with van der Waals surface area (Å²) in [7, 11) is 1.74. The predicted molar refractivity (Wildman–Crippen MR) is 129 cm³/mol. The predicted octanol–water partition coefficient (Wildman–Crippen LogP) is 5.80. The summed E-state index contributed by atoms with van der Waals surface area (Å²) in [5.74, 6) is -0.0737. The third-order valence-corrected chi connectivity index (χ3v) is 6.31. The zero-order valence-electron chi connectivity index (χ0n) is 18.6. The first-order chi connectivity index (χ1) is 16.1. The van der Waals surface area contributed by atoms with E-state index in [2.05, 4.69) is 10.1 Å². The Balaban J connectivity index is 1.31. The molecule has 0 saturated heterocycles. The van der Waals surface area contributed by atoms with Gasteiger partial charge < -0.3 is 14.6 Å². The lowest BCUT2D eigenvalue weighted by Gasteiger charge is -2.06. The number of rotatable bonds is 12. The fraction of sp³-hybridized carbons (Fsp3) is 0.320. The summed E-state index contributed by atoms with van der Waals surface area (Å²) >= 11 is 1.51. The maximum Gasteiger partial charge on any atom is 0.335 e. The van der Waals surface area contributed by atoms with Crippen molar-refractivity contribution in [3.05, 3.63) is 60.3 Å². The van der Waals surface area contributed by atoms with Gasteiger partial charge >= 0.3 is 5.97 Å². The Hall–Kier alpha value is -3.23. The lowest BCUT2D eigenvalue weighted by Crippen LogP contribution is -1.97. The number of benzene rings is 2. The third-order valence-electron chi connectivity index (χ3n) is 5.33. The summed E-state index contributed by atoms with van der Waals surface area (Å²) in [5.41, 5.74) is 2.89. The van der Waals surface area contributed by atoms with Gasteiger partial charge in [0, 0.05) is 24.8 Å². The van der Waals surface area contributed by atoms with E-state index in [1.54, 1.807) is 35.9 Å². The second-order valence-corrected chi connectivity index (χ2v) is 8.73. The molecular formula is C25H27N3O4S. The quantitative estimate of drug-likeness (QED) is 0.266. The van der Waals surface area contributed by atoms with Gasteiger partial charge in [0.25, 0.3) is 0 Å². The fourth-order valence-corrected chi connectivity index (χ4v) is 4.39. The molecule has 0 radical (unpaired) electrons. The molecule has 4 aromatic rings. The van der Waals surface area contributed by atoms with Crippen LogP contribution in [0.2, 0.25) is 0 Å². The average molecular weight is 466 g/mol. The Labute approximate surface area is 196 Å². The standard InChI is InChI=1S/C25H27N3O4S/c1-31-15-5-3-2-4-6-16-32-21-13-11-19(12-14-21)23-27-28-17-22(26-25(28)33-23)18-7-9-20(10-8-18)24(29)30/h7-14,17H,2-6,15-16H2,1H3,(H,29,30). The Bertz CT molecular complexity index is 1150. The van der Waals surface area contributed by atoms with Crippen LogP contribution in [-0.4, -0.2) is 46.0 Å². The van der Waals surface area contributed by atoms with Crippen LogP contribution in [0, 0.1) is 0 Å². The van der Waals surface area contributed by atoms with Crippen LogP contribution >= 0.6 is 11.3 Å². The van der Waals surface area contributed by atoms with Crippen molar-refractivity contribution in [2.45, 2.75) is 32.1 Å². The Morgan fingerprint density at radius 2 is 1.61 bits per heavy atom. The van der Waals surface area contributed by atoms with Gasteiger partial charge in [-0.2, -0.15) is 5.10 Å². The van der Waals surface area contributed by atoms with Crippen molar-refractivity contribution in [3.8, 4) is 27.6 Å². The van der Waals surface area contributed by atoms with Gasteiger partial charge in [-0.15, -0.1) is 0 Å². The number of ether oxygens (including phenoxy) is 2. The highest BCUT2D eigenvalue weighted by atomic mass is 32.1. The number of hydrogen-bond acceptors (Lipinski definition) is 6. The Morgan fingerprint density at radius 1 is 0.939 bits per heavy atom. The van der Waals surface area contributed by atoms with E-state index in [1.165, 1.54) is 30.6 Å². The van der Waals surface area contributed by atoms with Crippen molar-refractivity contribution < 1.29 is 19.4 Å². The molecule has 0 spiro atoms. The summed E-state index contributed by atoms with van der Waals surface area (Å²) in [6.07, 6.45) is 7.64. The second-order valence-electron chi connectivity index (χ2n) is 7.78. The van der Waals surface area contributed by atoms with Crippen molar-refractivity contribution in [2.75, 3.05) is 20.3 Å². The number of hydrogen-bond donors (Lipinski definition) is 1. The largest absolute Gasteiger partial charge is 0.494 e. The molecule has 0 aliphatic carbocycles. The van der Waals surface area contributed by atoms with E-state index in [1.807, 2.05) is 30.5 Å². The second kappa shape index (κ2) is 11.1. The van der Waals surface area contributed by atoms with E-state index < -0.39 is 5.97 Å². The number of carboxylic acids is 1. The molecule has 0 aliphatic rings. The van der Waals surface area contributed by atoms with E-state index in [9.17, 15) is 4.79 Å². The molecule has 0 aliphatic heterocycles. The highest BCUT2D eigenvalue weighted by Gasteiger charge is 2.12. The van der Waals surface area contributed by atoms with Crippen LogP contribution < -0.4 is 4.74 Å². The Morgan fingerprint density at radius 3 is 2.27 bits per heavy atom. The van der Waals surface area contributed by atoms with Crippen LogP contribution in [0.1, 0.15) is 42.5 Å². The van der Waals surface area contributed by atoms with Crippen molar-refractivity contribution in [1.29, 1.82) is 0 Å². The molecule has 4 rings (SSSR count). The SMILES string of the molecule is COCCCCCCCOc1ccc(-c2nn3cc(-c4ccc(C(=O)O)cc4)nc3s2)cc1. The number of methoxy groups -OCH3 is 1. The molecule has 8 heteroatoms. The number of imidazole rings is 1. The van der Waals surface area contributed by atoms with Gasteiger partial charge in [-0.3, -0.25) is 0 Å². The first-order valence-corrected chi connectivity index (χ1v) is 11.9. The van der Waals surface area contributed by atoms with Gasteiger partial charge in [-0.1, -0.05) is 42.7 Å². The van der Waals surface area contributed by atoms with Crippen LogP contribution in [-0.2, 0) is 4.74 Å². The van der Waals surface area contributed by atoms with E-state index >= 15 is 0 Å². The lowest BCUT2D eigenvalue weighted by molar-refractivity contribution is 0.0697. The van der Waals surface area contributed by atoms with Crippen LogP contribution in [0.3, 0.4) is 0 Å². The first-order valence-electron chi connectivity index (χ1n) is 11.1. The summed E-state index contributed by atoms with van der Waals surface area (Å²) in [6, 6.07) is 14.7. The minimum Gasteiger partial charge on any atom is -0.494 e. The summed E-state index contributed by atoms with van der Waals surface area (Å²) in [4.78, 5) is 16.4. The highest BCUT2D eigenvalue weighted by molar-refractivity contribution is 7.19. The lowest BCUT2D eigenvalue weighted by atomic mass is 10.1. The zero-order chi connectivity index (χ0) is 23.0. The smallest absolute Gasteiger partial charge is 0.335 e. The summed E-state index contributed by atoms with van der Waals surface area (Å²) in [5, 5.41) is 14.6. The van der Waals surface area contributed by atoms with Crippen molar-refractivity contribution >= 4 is 22.3 Å². The molecule has 2 aromatic heterocycles. The number of unbranched alkanes of at least 4 members (excludes halogenated alkanes) is 4. The van der Waals surface area contributed by atoms with Crippen LogP contribution in [0.25, 0.3) is 26.8 Å². The van der Waals surface area contributed by atoms with Crippen molar-refractivity contribution in [2.24, 2.45) is 0 Å². The van der Waals surface area contributed by atoms with E-state index in [-0.39, 0.29) is 5.56 Å². The van der Waals surface area contributed by atoms with Crippen molar-refractivity contribution in [1.82, 2.24) is 14.6 Å². The minimum atomic E-state index is -0.941. The van der Waals surface area contributed by atoms with E-state index in [4.69, 9.17) is 14.6 Å². The molecule has 0 saturated carbocycles. The number of aromatic carboxylic acids is 1. The molecule has 0 amide bonds. The van der Waals surface area contributed by atoms with Gasteiger partial charge in [0.2, 0.25) is 4.96 Å². The average Bonchev–Trinajstić information content (AvgIpc) is 3.41. The molecule has 2 aromatic carbocycles. The third kappa shape index (κ3) is 5.97. The number of nitrogens with zero attached hydrogens (tertiary/aromatic N) is 3. The Kier molecular flexibility index (Phi) is 7.70. The van der Waals surface area contributed by atoms with E-state index in [0.717, 1.165) is 58.6 Å². The van der Waals surface area contributed by atoms with E-state index in [0.29, 0.717) is 0 Å². The molecule has 7 nitrogen and oxygen atoms in total. The van der Waals surface area contributed by atoms with Gasteiger partial charge in [-0.05, 0) is 49.2 Å². The monoisotopic (exact) mass is 465 g/mol. The number of carboxylic acid groups (broad SMARTS) is 1. The van der Waals surface area contributed by atoms with Gasteiger partial charge in [-0.25, -0.2) is 14.3 Å². The van der Waals surface area contributed by atoms with Crippen LogP contribution in [0.15, 0.2) is 54.7 Å². The van der Waals surface area contributed by atoms with Gasteiger partial charge in [0.15, 0.2) is 0 Å². The molecular weight excluding hydrogens is 438 g/mol. The number of aromatic nitrogens is 3. The van der Waals surface area contributed by atoms with Crippen LogP contribution in [0.5, 0.6) is 5.75 Å². The number of fused-ring (bicyclic) bond motifs is 1. The maximum atomic E-state index is 11.0. The molecule has 172 valence electrons.